The molecule has 2 aromatic rings. The molecular formula is C15H18N4S. The maximum absolute atomic E-state index is 5.55. The van der Waals surface area contributed by atoms with Gasteiger partial charge in [0.15, 0.2) is 5.82 Å². The van der Waals surface area contributed by atoms with Crippen LogP contribution in [0.15, 0.2) is 42.7 Å². The van der Waals surface area contributed by atoms with E-state index >= 15 is 0 Å². The number of benzene rings is 1. The van der Waals surface area contributed by atoms with Crippen LogP contribution in [0.3, 0.4) is 0 Å². The molecule has 2 N–H and O–H groups in total. The summed E-state index contributed by atoms with van der Waals surface area (Å²) in [4.78, 5) is 11.1. The molecule has 4 nitrogen and oxygen atoms in total. The van der Waals surface area contributed by atoms with Crippen LogP contribution in [0.2, 0.25) is 0 Å². The molecule has 0 aliphatic rings. The van der Waals surface area contributed by atoms with Crippen LogP contribution in [0, 0.1) is 0 Å². The fourth-order valence-electron chi connectivity index (χ4n) is 1.89. The number of hydrogen-bond acceptors (Lipinski definition) is 4. The van der Waals surface area contributed by atoms with Crippen molar-refractivity contribution in [3.63, 3.8) is 0 Å². The van der Waals surface area contributed by atoms with E-state index in [0.717, 1.165) is 30.9 Å². The molecule has 20 heavy (non-hydrogen) atoms. The first-order valence-corrected chi connectivity index (χ1v) is 7.07. The highest BCUT2D eigenvalue weighted by molar-refractivity contribution is 7.80. The molecule has 1 heterocycles. The van der Waals surface area contributed by atoms with Gasteiger partial charge in [0.25, 0.3) is 0 Å². The topological polar surface area (TPSA) is 55.0 Å². The summed E-state index contributed by atoms with van der Waals surface area (Å²) in [6.07, 6.45) is 5.56. The van der Waals surface area contributed by atoms with Crippen molar-refractivity contribution in [1.29, 1.82) is 0 Å². The number of thiocarbonyl (C=S) groups is 1. The highest BCUT2D eigenvalue weighted by atomic mass is 32.1. The maximum atomic E-state index is 5.55. The van der Waals surface area contributed by atoms with Crippen molar-refractivity contribution < 1.29 is 0 Å². The van der Waals surface area contributed by atoms with E-state index in [4.69, 9.17) is 18.0 Å². The summed E-state index contributed by atoms with van der Waals surface area (Å²) in [5.74, 6) is 0.810. The summed E-state index contributed by atoms with van der Waals surface area (Å²) in [5, 5.41) is 0. The van der Waals surface area contributed by atoms with Gasteiger partial charge in [-0.25, -0.2) is 9.97 Å². The van der Waals surface area contributed by atoms with Crippen LogP contribution >= 0.6 is 12.2 Å². The van der Waals surface area contributed by atoms with Crippen LogP contribution in [-0.2, 0) is 0 Å². The standard InChI is InChI=1S/C15H18N4S/c1-2-3-9-19(12-7-5-4-6-8-12)14-11-17-13(10-18-14)15(16)20/h4-8,10-11H,2-3,9H2,1H3,(H2,16,20). The minimum Gasteiger partial charge on any atom is -0.388 e. The van der Waals surface area contributed by atoms with Crippen molar-refractivity contribution in [3.05, 3.63) is 48.4 Å². The Bertz CT molecular complexity index is 554. The third-order valence-electron chi connectivity index (χ3n) is 2.97. The summed E-state index contributed by atoms with van der Waals surface area (Å²) in [7, 11) is 0. The Labute approximate surface area is 124 Å². The summed E-state index contributed by atoms with van der Waals surface area (Å²) >= 11 is 4.90. The first-order chi connectivity index (χ1) is 9.72. The van der Waals surface area contributed by atoms with E-state index < -0.39 is 0 Å². The molecule has 0 bridgehead atoms. The van der Waals surface area contributed by atoms with Gasteiger partial charge in [-0.2, -0.15) is 0 Å². The van der Waals surface area contributed by atoms with Gasteiger partial charge in [0.2, 0.25) is 0 Å². The highest BCUT2D eigenvalue weighted by Gasteiger charge is 2.10. The van der Waals surface area contributed by atoms with Gasteiger partial charge >= 0.3 is 0 Å². The molecule has 1 aromatic carbocycles. The van der Waals surface area contributed by atoms with Gasteiger partial charge in [0.1, 0.15) is 10.7 Å². The Kier molecular flexibility index (Phi) is 5.01. The number of hydrogen-bond donors (Lipinski definition) is 1. The van der Waals surface area contributed by atoms with Crippen LogP contribution in [0.4, 0.5) is 11.5 Å². The number of anilines is 2. The lowest BCUT2D eigenvalue weighted by Gasteiger charge is -2.23. The zero-order valence-electron chi connectivity index (χ0n) is 11.5. The Balaban J connectivity index is 2.28. The van der Waals surface area contributed by atoms with Crippen molar-refractivity contribution in [2.24, 2.45) is 5.73 Å². The van der Waals surface area contributed by atoms with Crippen LogP contribution in [-0.4, -0.2) is 21.5 Å². The Morgan fingerprint density at radius 2 is 1.95 bits per heavy atom. The lowest BCUT2D eigenvalue weighted by molar-refractivity contribution is 0.778. The molecule has 0 radical (unpaired) electrons. The molecule has 0 unspecified atom stereocenters. The second-order valence-electron chi connectivity index (χ2n) is 4.46. The molecule has 0 saturated heterocycles. The van der Waals surface area contributed by atoms with Crippen molar-refractivity contribution in [2.45, 2.75) is 19.8 Å². The summed E-state index contributed by atoms with van der Waals surface area (Å²) in [6.45, 7) is 3.08. The Morgan fingerprint density at radius 1 is 1.20 bits per heavy atom. The zero-order valence-corrected chi connectivity index (χ0v) is 12.3. The summed E-state index contributed by atoms with van der Waals surface area (Å²) in [6, 6.07) is 10.2. The highest BCUT2D eigenvalue weighted by Crippen LogP contribution is 2.23. The minimum absolute atomic E-state index is 0.267. The van der Waals surface area contributed by atoms with Gasteiger partial charge in [0, 0.05) is 12.2 Å². The van der Waals surface area contributed by atoms with Gasteiger partial charge in [-0.05, 0) is 18.6 Å². The van der Waals surface area contributed by atoms with Crippen LogP contribution in [0.25, 0.3) is 0 Å². The van der Waals surface area contributed by atoms with Crippen molar-refractivity contribution >= 4 is 28.7 Å². The number of rotatable bonds is 6. The quantitative estimate of drug-likeness (QED) is 0.827. The average molecular weight is 286 g/mol. The number of nitrogens with zero attached hydrogens (tertiary/aromatic N) is 3. The Hall–Kier alpha value is -2.01. The fourth-order valence-corrected chi connectivity index (χ4v) is 1.99. The molecular weight excluding hydrogens is 268 g/mol. The first-order valence-electron chi connectivity index (χ1n) is 6.66. The molecule has 2 rings (SSSR count). The van der Waals surface area contributed by atoms with E-state index in [1.165, 1.54) is 0 Å². The second-order valence-corrected chi connectivity index (χ2v) is 4.90. The molecule has 0 amide bonds. The summed E-state index contributed by atoms with van der Waals surface area (Å²) < 4.78 is 0. The van der Waals surface area contributed by atoms with Crippen molar-refractivity contribution in [2.75, 3.05) is 11.4 Å². The fraction of sp³-hybridized carbons (Fsp3) is 0.267. The smallest absolute Gasteiger partial charge is 0.151 e. The van der Waals surface area contributed by atoms with Gasteiger partial charge in [-0.1, -0.05) is 43.8 Å². The number of unbranched alkanes of at least 4 members (excludes halogenated alkanes) is 1. The molecule has 0 aliphatic carbocycles. The number of para-hydroxylation sites is 1. The molecule has 104 valence electrons. The molecule has 0 aliphatic heterocycles. The van der Waals surface area contributed by atoms with E-state index in [-0.39, 0.29) is 4.99 Å². The largest absolute Gasteiger partial charge is 0.388 e. The Morgan fingerprint density at radius 3 is 2.50 bits per heavy atom. The van der Waals surface area contributed by atoms with Gasteiger partial charge in [0.05, 0.1) is 12.4 Å². The molecule has 0 saturated carbocycles. The predicted molar refractivity (Wildman–Crippen MR) is 86.3 cm³/mol. The monoisotopic (exact) mass is 286 g/mol. The van der Waals surface area contributed by atoms with Gasteiger partial charge < -0.3 is 10.6 Å². The van der Waals surface area contributed by atoms with E-state index in [9.17, 15) is 0 Å². The van der Waals surface area contributed by atoms with Crippen LogP contribution < -0.4 is 10.6 Å². The maximum Gasteiger partial charge on any atom is 0.151 e. The summed E-state index contributed by atoms with van der Waals surface area (Å²) in [5.41, 5.74) is 7.20. The third kappa shape index (κ3) is 3.51. The molecule has 0 fully saturated rings. The van der Waals surface area contributed by atoms with E-state index in [1.54, 1.807) is 12.4 Å². The lowest BCUT2D eigenvalue weighted by Crippen LogP contribution is -2.20. The van der Waals surface area contributed by atoms with Crippen LogP contribution in [0.1, 0.15) is 25.5 Å². The lowest BCUT2D eigenvalue weighted by atomic mass is 10.2. The van der Waals surface area contributed by atoms with Gasteiger partial charge in [-0.15, -0.1) is 0 Å². The van der Waals surface area contributed by atoms with Crippen LogP contribution in [0.5, 0.6) is 0 Å². The van der Waals surface area contributed by atoms with Crippen molar-refractivity contribution in [1.82, 2.24) is 9.97 Å². The molecule has 0 spiro atoms. The van der Waals surface area contributed by atoms with Gasteiger partial charge in [-0.3, -0.25) is 0 Å². The number of aromatic nitrogens is 2. The predicted octanol–water partition coefficient (Wildman–Crippen LogP) is 3.05. The third-order valence-corrected chi connectivity index (χ3v) is 3.18. The molecule has 1 aromatic heterocycles. The van der Waals surface area contributed by atoms with Crippen molar-refractivity contribution in [3.8, 4) is 0 Å². The zero-order chi connectivity index (χ0) is 14.4. The SMILES string of the molecule is CCCCN(c1ccccc1)c1cnc(C(N)=S)cn1. The normalized spacial score (nSPS) is 10.2. The van der Waals surface area contributed by atoms with E-state index in [0.29, 0.717) is 5.69 Å². The average Bonchev–Trinajstić information content (AvgIpc) is 2.49. The molecule has 0 atom stereocenters. The second kappa shape index (κ2) is 6.96. The molecule has 5 heteroatoms. The number of nitrogens with two attached hydrogens (primary N) is 1. The minimum atomic E-state index is 0.267. The van der Waals surface area contributed by atoms with E-state index in [2.05, 4.69) is 33.9 Å². The first kappa shape index (κ1) is 14.4. The van der Waals surface area contributed by atoms with E-state index in [1.807, 2.05) is 18.2 Å².